The van der Waals surface area contributed by atoms with E-state index in [1.165, 1.54) is 12.8 Å². The Balaban J connectivity index is 1.92. The fourth-order valence-corrected chi connectivity index (χ4v) is 5.10. The van der Waals surface area contributed by atoms with Crippen LogP contribution in [-0.4, -0.2) is 22.4 Å². The van der Waals surface area contributed by atoms with Gasteiger partial charge in [0, 0.05) is 0 Å². The summed E-state index contributed by atoms with van der Waals surface area (Å²) in [6, 6.07) is 0. The first kappa shape index (κ1) is 6.39. The zero-order chi connectivity index (χ0) is 8.03. The zero-order valence-corrected chi connectivity index (χ0v) is 6.93. The van der Waals surface area contributed by atoms with E-state index in [0.29, 0.717) is 35.5 Å². The fraction of sp³-hybridized carbons (Fsp3) is 1.00. The van der Waals surface area contributed by atoms with E-state index in [-0.39, 0.29) is 12.2 Å². The second-order valence-electron chi connectivity index (χ2n) is 5.26. The molecule has 0 aromatic rings. The third kappa shape index (κ3) is 0.409. The third-order valence-electron chi connectivity index (χ3n) is 5.29. The summed E-state index contributed by atoms with van der Waals surface area (Å²) in [7, 11) is 0. The summed E-state index contributed by atoms with van der Waals surface area (Å²) >= 11 is 0. The topological polar surface area (TPSA) is 40.5 Å². The molecule has 4 aliphatic carbocycles. The van der Waals surface area contributed by atoms with Gasteiger partial charge < -0.3 is 10.2 Å². The molecule has 0 unspecified atom stereocenters. The van der Waals surface area contributed by atoms with E-state index < -0.39 is 0 Å². The summed E-state index contributed by atoms with van der Waals surface area (Å²) in [6.07, 6.45) is 2.34. The fourth-order valence-electron chi connectivity index (χ4n) is 5.10. The van der Waals surface area contributed by atoms with Crippen LogP contribution in [0.3, 0.4) is 0 Å². The van der Waals surface area contributed by atoms with Crippen LogP contribution in [0, 0.1) is 35.5 Å². The van der Waals surface area contributed by atoms with E-state index >= 15 is 0 Å². The molecule has 2 nitrogen and oxygen atoms in total. The maximum Gasteiger partial charge on any atom is 0.0605 e. The molecule has 2 heteroatoms. The molecule has 0 radical (unpaired) electrons. The summed E-state index contributed by atoms with van der Waals surface area (Å²) in [6.45, 7) is 0. The quantitative estimate of drug-likeness (QED) is 0.541. The molecule has 0 aliphatic heterocycles. The maximum atomic E-state index is 9.91. The maximum absolute atomic E-state index is 9.91. The minimum atomic E-state index is -0.0489. The highest BCUT2D eigenvalue weighted by Gasteiger charge is 2.72. The van der Waals surface area contributed by atoms with Crippen molar-refractivity contribution in [3.05, 3.63) is 0 Å². The second kappa shape index (κ2) is 1.60. The summed E-state index contributed by atoms with van der Waals surface area (Å²) < 4.78 is 0. The highest BCUT2D eigenvalue weighted by molar-refractivity contribution is 5.20. The molecule has 0 saturated heterocycles. The van der Waals surface area contributed by atoms with Crippen LogP contribution in [0.5, 0.6) is 0 Å². The van der Waals surface area contributed by atoms with Gasteiger partial charge in [-0.2, -0.15) is 0 Å². The Kier molecular flexibility index (Phi) is 0.851. The standard InChI is InChI=1S/C10H14O2/c11-9-5-1-3-6-2-4(5)8(7(3)9)10(6)12/h3-12H,1-2H2/t3-,4-,5-,6-,7-,8-,9+,10+/m0/s1. The van der Waals surface area contributed by atoms with Gasteiger partial charge in [-0.05, 0) is 48.3 Å². The zero-order valence-electron chi connectivity index (χ0n) is 6.93. The van der Waals surface area contributed by atoms with E-state index in [0.717, 1.165) is 0 Å². The molecule has 4 aliphatic rings. The SMILES string of the molecule is O[C@@H]1[C@H]2C[C@H]3[C@@H]4C[C@@H]2[C@H]([C@@H]4O)[C@@H]13. The van der Waals surface area contributed by atoms with Gasteiger partial charge in [-0.25, -0.2) is 0 Å². The van der Waals surface area contributed by atoms with Crippen LogP contribution in [0.25, 0.3) is 0 Å². The van der Waals surface area contributed by atoms with Crippen molar-refractivity contribution >= 4 is 0 Å². The average Bonchev–Trinajstić information content (AvgIpc) is 2.68. The van der Waals surface area contributed by atoms with Crippen molar-refractivity contribution in [1.29, 1.82) is 0 Å². The van der Waals surface area contributed by atoms with Gasteiger partial charge in [0.15, 0.2) is 0 Å². The molecule has 2 N–H and O–H groups in total. The molecule has 0 aromatic heterocycles. The molecule has 8 atom stereocenters. The number of aliphatic hydroxyl groups excluding tert-OH is 2. The van der Waals surface area contributed by atoms with Gasteiger partial charge in [-0.1, -0.05) is 0 Å². The summed E-state index contributed by atoms with van der Waals surface area (Å²) in [5.74, 6) is 3.50. The number of rotatable bonds is 0. The Morgan fingerprint density at radius 3 is 1.42 bits per heavy atom. The van der Waals surface area contributed by atoms with E-state index in [1.54, 1.807) is 0 Å². The lowest BCUT2D eigenvalue weighted by Crippen LogP contribution is -2.27. The first-order valence-electron chi connectivity index (χ1n) is 5.15. The first-order chi connectivity index (χ1) is 5.79. The number of hydrogen-bond donors (Lipinski definition) is 2. The van der Waals surface area contributed by atoms with Crippen molar-refractivity contribution in [3.63, 3.8) is 0 Å². The largest absolute Gasteiger partial charge is 0.393 e. The predicted molar refractivity (Wildman–Crippen MR) is 42.2 cm³/mol. The van der Waals surface area contributed by atoms with Gasteiger partial charge in [0.05, 0.1) is 12.2 Å². The smallest absolute Gasteiger partial charge is 0.0605 e. The minimum absolute atomic E-state index is 0.0489. The summed E-state index contributed by atoms with van der Waals surface area (Å²) in [5.41, 5.74) is 0. The van der Waals surface area contributed by atoms with Gasteiger partial charge in [0.2, 0.25) is 0 Å². The Morgan fingerprint density at radius 2 is 1.08 bits per heavy atom. The van der Waals surface area contributed by atoms with Crippen molar-refractivity contribution in [1.82, 2.24) is 0 Å². The molecular formula is C10H14O2. The third-order valence-corrected chi connectivity index (χ3v) is 5.29. The van der Waals surface area contributed by atoms with E-state index in [9.17, 15) is 10.2 Å². The molecule has 4 fully saturated rings. The highest BCUT2D eigenvalue weighted by atomic mass is 16.3. The molecule has 4 bridgehead atoms. The predicted octanol–water partition coefficient (Wildman–Crippen LogP) is 0.240. The first-order valence-corrected chi connectivity index (χ1v) is 5.15. The Labute approximate surface area is 71.6 Å². The Bertz CT molecular complexity index is 226. The number of aliphatic hydroxyl groups is 2. The van der Waals surface area contributed by atoms with Crippen LogP contribution in [0.2, 0.25) is 0 Å². The highest BCUT2D eigenvalue weighted by Crippen LogP contribution is 2.72. The molecule has 66 valence electrons. The van der Waals surface area contributed by atoms with Crippen LogP contribution in [-0.2, 0) is 0 Å². The van der Waals surface area contributed by atoms with Crippen molar-refractivity contribution in [2.75, 3.05) is 0 Å². The Morgan fingerprint density at radius 1 is 0.667 bits per heavy atom. The number of hydrogen-bond acceptors (Lipinski definition) is 2. The lowest BCUT2D eigenvalue weighted by atomic mass is 9.71. The molecule has 12 heavy (non-hydrogen) atoms. The molecule has 0 aromatic carbocycles. The second-order valence-corrected chi connectivity index (χ2v) is 5.26. The van der Waals surface area contributed by atoms with Crippen LogP contribution in [0.1, 0.15) is 12.8 Å². The van der Waals surface area contributed by atoms with Gasteiger partial charge in [-0.15, -0.1) is 0 Å². The van der Waals surface area contributed by atoms with Crippen LogP contribution >= 0.6 is 0 Å². The molecule has 4 rings (SSSR count). The minimum Gasteiger partial charge on any atom is -0.393 e. The van der Waals surface area contributed by atoms with Crippen molar-refractivity contribution < 1.29 is 10.2 Å². The van der Waals surface area contributed by atoms with Gasteiger partial charge >= 0.3 is 0 Å². The van der Waals surface area contributed by atoms with Gasteiger partial charge in [0.25, 0.3) is 0 Å². The normalized spacial score (nSPS) is 76.5. The van der Waals surface area contributed by atoms with E-state index in [2.05, 4.69) is 0 Å². The van der Waals surface area contributed by atoms with E-state index in [1.807, 2.05) is 0 Å². The summed E-state index contributed by atoms with van der Waals surface area (Å²) in [4.78, 5) is 0. The van der Waals surface area contributed by atoms with E-state index in [4.69, 9.17) is 0 Å². The average molecular weight is 166 g/mol. The lowest BCUT2D eigenvalue weighted by molar-refractivity contribution is 0.0944. The van der Waals surface area contributed by atoms with Gasteiger partial charge in [-0.3, -0.25) is 0 Å². The molecule has 0 heterocycles. The Hall–Kier alpha value is -0.0800. The van der Waals surface area contributed by atoms with Crippen molar-refractivity contribution in [3.8, 4) is 0 Å². The number of fused-ring (bicyclic) bond motifs is 4. The van der Waals surface area contributed by atoms with Gasteiger partial charge in [0.1, 0.15) is 0 Å². The molecule has 0 spiro atoms. The monoisotopic (exact) mass is 166 g/mol. The van der Waals surface area contributed by atoms with Crippen LogP contribution in [0.15, 0.2) is 0 Å². The molecule has 4 saturated carbocycles. The van der Waals surface area contributed by atoms with Crippen LogP contribution in [0.4, 0.5) is 0 Å². The summed E-state index contributed by atoms with van der Waals surface area (Å²) in [5, 5.41) is 19.8. The molecular weight excluding hydrogens is 152 g/mol. The van der Waals surface area contributed by atoms with Crippen molar-refractivity contribution in [2.45, 2.75) is 25.0 Å². The van der Waals surface area contributed by atoms with Crippen molar-refractivity contribution in [2.24, 2.45) is 35.5 Å². The molecule has 0 amide bonds. The lowest BCUT2D eigenvalue weighted by Gasteiger charge is -2.33. The van der Waals surface area contributed by atoms with Crippen LogP contribution < -0.4 is 0 Å².